The first-order valence-electron chi connectivity index (χ1n) is 5.93. The van der Waals surface area contributed by atoms with Gasteiger partial charge in [-0.15, -0.1) is 0 Å². The Morgan fingerprint density at radius 3 is 2.27 bits per heavy atom. The van der Waals surface area contributed by atoms with Crippen LogP contribution in [-0.2, 0) is 9.84 Å². The van der Waals surface area contributed by atoms with Crippen molar-refractivity contribution in [2.75, 3.05) is 11.5 Å². The van der Waals surface area contributed by atoms with Crippen molar-refractivity contribution in [1.82, 2.24) is 0 Å². The molecule has 2 nitrogen and oxygen atoms in total. The van der Waals surface area contributed by atoms with Gasteiger partial charge in [-0.1, -0.05) is 20.8 Å². The average molecular weight is 230 g/mol. The van der Waals surface area contributed by atoms with E-state index in [0.717, 1.165) is 19.3 Å². The second-order valence-electron chi connectivity index (χ2n) is 6.65. The van der Waals surface area contributed by atoms with Gasteiger partial charge in [0, 0.05) is 0 Å². The normalized spacial score (nSPS) is 40.1. The van der Waals surface area contributed by atoms with Crippen LogP contribution < -0.4 is 0 Å². The monoisotopic (exact) mass is 230 g/mol. The first-order valence-corrected chi connectivity index (χ1v) is 7.75. The third-order valence-corrected chi connectivity index (χ3v) is 6.28. The minimum Gasteiger partial charge on any atom is -0.229 e. The lowest BCUT2D eigenvalue weighted by Crippen LogP contribution is -2.22. The van der Waals surface area contributed by atoms with E-state index < -0.39 is 9.84 Å². The molecular weight excluding hydrogens is 208 g/mol. The van der Waals surface area contributed by atoms with E-state index in [1.807, 2.05) is 0 Å². The van der Waals surface area contributed by atoms with Crippen molar-refractivity contribution in [1.29, 1.82) is 0 Å². The van der Waals surface area contributed by atoms with Crippen LogP contribution in [0.2, 0.25) is 0 Å². The minimum atomic E-state index is -2.71. The number of hydrogen-bond donors (Lipinski definition) is 0. The highest BCUT2D eigenvalue weighted by atomic mass is 32.2. The maximum Gasteiger partial charge on any atom is 0.150 e. The van der Waals surface area contributed by atoms with E-state index in [1.54, 1.807) is 0 Å². The highest BCUT2D eigenvalue weighted by Crippen LogP contribution is 2.53. The number of sulfone groups is 1. The molecule has 0 bridgehead atoms. The van der Waals surface area contributed by atoms with E-state index in [9.17, 15) is 8.42 Å². The summed E-state index contributed by atoms with van der Waals surface area (Å²) in [5, 5.41) is 0. The first-order chi connectivity index (χ1) is 6.73. The molecule has 1 aliphatic carbocycles. The Morgan fingerprint density at radius 2 is 1.87 bits per heavy atom. The highest BCUT2D eigenvalue weighted by Gasteiger charge is 2.49. The van der Waals surface area contributed by atoms with Crippen LogP contribution >= 0.6 is 0 Å². The van der Waals surface area contributed by atoms with Crippen LogP contribution in [0, 0.1) is 16.7 Å². The van der Waals surface area contributed by atoms with E-state index >= 15 is 0 Å². The zero-order valence-corrected chi connectivity index (χ0v) is 10.9. The first kappa shape index (κ1) is 11.4. The molecule has 1 aliphatic heterocycles. The van der Waals surface area contributed by atoms with Gasteiger partial charge < -0.3 is 0 Å². The molecule has 0 amide bonds. The molecule has 2 unspecified atom stereocenters. The van der Waals surface area contributed by atoms with Gasteiger partial charge in [0.2, 0.25) is 0 Å². The summed E-state index contributed by atoms with van der Waals surface area (Å²) < 4.78 is 23.1. The Hall–Kier alpha value is -0.0500. The van der Waals surface area contributed by atoms with E-state index in [-0.39, 0.29) is 5.41 Å². The smallest absolute Gasteiger partial charge is 0.150 e. The molecule has 3 heteroatoms. The van der Waals surface area contributed by atoms with Gasteiger partial charge in [0.05, 0.1) is 11.5 Å². The van der Waals surface area contributed by atoms with Gasteiger partial charge in [0.15, 0.2) is 9.84 Å². The molecule has 0 aromatic heterocycles. The average Bonchev–Trinajstić information content (AvgIpc) is 2.56. The lowest BCUT2D eigenvalue weighted by molar-refractivity contribution is 0.218. The molecule has 1 saturated carbocycles. The van der Waals surface area contributed by atoms with Crippen LogP contribution in [-0.4, -0.2) is 19.9 Å². The fourth-order valence-electron chi connectivity index (χ4n) is 3.29. The molecular formula is C12H22O2S. The van der Waals surface area contributed by atoms with E-state index in [4.69, 9.17) is 0 Å². The summed E-state index contributed by atoms with van der Waals surface area (Å²) in [6, 6.07) is 0. The van der Waals surface area contributed by atoms with Gasteiger partial charge in [-0.2, -0.15) is 0 Å². The molecule has 2 fully saturated rings. The Balaban J connectivity index is 2.11. The van der Waals surface area contributed by atoms with Crippen molar-refractivity contribution in [2.24, 2.45) is 16.7 Å². The molecule has 2 aliphatic rings. The quantitative estimate of drug-likeness (QED) is 0.641. The summed E-state index contributed by atoms with van der Waals surface area (Å²) in [5.41, 5.74) is 0.507. The maximum atomic E-state index is 11.5. The lowest BCUT2D eigenvalue weighted by Gasteiger charge is -2.29. The molecule has 1 spiro atoms. The zero-order chi connectivity index (χ0) is 11.3. The van der Waals surface area contributed by atoms with Crippen molar-refractivity contribution < 1.29 is 8.42 Å². The molecule has 2 rings (SSSR count). The Labute approximate surface area is 93.4 Å². The minimum absolute atomic E-state index is 0.163. The molecule has 1 heterocycles. The molecule has 0 N–H and O–H groups in total. The van der Waals surface area contributed by atoms with Crippen molar-refractivity contribution in [3.63, 3.8) is 0 Å². The summed E-state index contributed by atoms with van der Waals surface area (Å²) in [7, 11) is -2.71. The van der Waals surface area contributed by atoms with Crippen LogP contribution in [0.25, 0.3) is 0 Å². The second-order valence-corrected chi connectivity index (χ2v) is 8.83. The van der Waals surface area contributed by atoms with Gasteiger partial charge in [-0.3, -0.25) is 0 Å². The lowest BCUT2D eigenvalue weighted by atomic mass is 9.76. The van der Waals surface area contributed by atoms with Gasteiger partial charge in [0.25, 0.3) is 0 Å². The van der Waals surface area contributed by atoms with Gasteiger partial charge >= 0.3 is 0 Å². The van der Waals surface area contributed by atoms with Crippen molar-refractivity contribution in [3.05, 3.63) is 0 Å². The SMILES string of the molecule is CC(C)(C)C1CCC2(CCS(=O)(=O)C2)C1. The summed E-state index contributed by atoms with van der Waals surface area (Å²) in [6.45, 7) is 6.83. The Bertz CT molecular complexity index is 350. The largest absolute Gasteiger partial charge is 0.229 e. The highest BCUT2D eigenvalue weighted by molar-refractivity contribution is 7.91. The topological polar surface area (TPSA) is 34.1 Å². The number of rotatable bonds is 0. The van der Waals surface area contributed by atoms with Gasteiger partial charge in [-0.25, -0.2) is 8.42 Å². The number of hydrogen-bond acceptors (Lipinski definition) is 2. The molecule has 0 radical (unpaired) electrons. The third kappa shape index (κ3) is 2.22. The van der Waals surface area contributed by atoms with E-state index in [2.05, 4.69) is 20.8 Å². The van der Waals surface area contributed by atoms with E-state index in [0.29, 0.717) is 22.8 Å². The fraction of sp³-hybridized carbons (Fsp3) is 1.00. The fourth-order valence-corrected chi connectivity index (χ4v) is 5.52. The van der Waals surface area contributed by atoms with Crippen molar-refractivity contribution >= 4 is 9.84 Å². The molecule has 15 heavy (non-hydrogen) atoms. The molecule has 1 saturated heterocycles. The standard InChI is InChI=1S/C12H22O2S/c1-11(2,3)10-4-5-12(8-10)6-7-15(13,14)9-12/h10H,4-9H2,1-3H3. The van der Waals surface area contributed by atoms with Crippen LogP contribution in [0.15, 0.2) is 0 Å². The predicted octanol–water partition coefficient (Wildman–Crippen LogP) is 2.64. The summed E-state index contributed by atoms with van der Waals surface area (Å²) in [5.74, 6) is 1.61. The third-order valence-electron chi connectivity index (χ3n) is 4.40. The van der Waals surface area contributed by atoms with Gasteiger partial charge in [0.1, 0.15) is 0 Å². The predicted molar refractivity (Wildman–Crippen MR) is 62.5 cm³/mol. The molecule has 88 valence electrons. The van der Waals surface area contributed by atoms with Crippen LogP contribution in [0.5, 0.6) is 0 Å². The molecule has 2 atom stereocenters. The summed E-state index contributed by atoms with van der Waals surface area (Å²) >= 11 is 0. The van der Waals surface area contributed by atoms with Crippen LogP contribution in [0.4, 0.5) is 0 Å². The Kier molecular flexibility index (Phi) is 2.46. The summed E-state index contributed by atoms with van der Waals surface area (Å²) in [6.07, 6.45) is 4.41. The molecule has 0 aromatic rings. The van der Waals surface area contributed by atoms with Crippen molar-refractivity contribution in [3.8, 4) is 0 Å². The van der Waals surface area contributed by atoms with Crippen LogP contribution in [0.3, 0.4) is 0 Å². The van der Waals surface area contributed by atoms with Crippen molar-refractivity contribution in [2.45, 2.75) is 46.5 Å². The van der Waals surface area contributed by atoms with Crippen LogP contribution in [0.1, 0.15) is 46.5 Å². The summed E-state index contributed by atoms with van der Waals surface area (Å²) in [4.78, 5) is 0. The van der Waals surface area contributed by atoms with E-state index in [1.165, 1.54) is 6.42 Å². The second kappa shape index (κ2) is 3.22. The zero-order valence-electron chi connectivity index (χ0n) is 10.0. The van der Waals surface area contributed by atoms with Gasteiger partial charge in [-0.05, 0) is 42.4 Å². The maximum absolute atomic E-state index is 11.5. The molecule has 0 aromatic carbocycles. The Morgan fingerprint density at radius 1 is 1.20 bits per heavy atom.